The molecule has 2 nitrogen and oxygen atoms in total. The fourth-order valence-corrected chi connectivity index (χ4v) is 2.51. The fourth-order valence-electron chi connectivity index (χ4n) is 2.12. The molecule has 0 bridgehead atoms. The summed E-state index contributed by atoms with van der Waals surface area (Å²) in [5.41, 5.74) is 1.06. The van der Waals surface area contributed by atoms with Crippen LogP contribution in [-0.2, 0) is 11.2 Å². The summed E-state index contributed by atoms with van der Waals surface area (Å²) in [5, 5.41) is 4.78. The zero-order valence-electron chi connectivity index (χ0n) is 11.2. The van der Waals surface area contributed by atoms with Crippen LogP contribution in [0.2, 0.25) is 10.0 Å². The Morgan fingerprint density at radius 1 is 1.33 bits per heavy atom. The second kappa shape index (κ2) is 8.00. The Bertz CT molecular complexity index is 371. The SMILES string of the molecule is CCCC(OC)C(Cc1cc(Cl)ccc1Cl)NC. The number of hydrogen-bond acceptors (Lipinski definition) is 2. The van der Waals surface area contributed by atoms with Crippen molar-refractivity contribution >= 4 is 23.2 Å². The summed E-state index contributed by atoms with van der Waals surface area (Å²) < 4.78 is 5.55. The van der Waals surface area contributed by atoms with Crippen LogP contribution in [0, 0.1) is 0 Å². The number of nitrogens with one attached hydrogen (secondary N) is 1. The maximum Gasteiger partial charge on any atom is 0.0727 e. The summed E-state index contributed by atoms with van der Waals surface area (Å²) in [7, 11) is 3.70. The molecule has 2 unspecified atom stereocenters. The average molecular weight is 290 g/mol. The van der Waals surface area contributed by atoms with E-state index >= 15 is 0 Å². The molecule has 0 amide bonds. The number of rotatable bonds is 7. The summed E-state index contributed by atoms with van der Waals surface area (Å²) in [6.07, 6.45) is 3.13. The van der Waals surface area contributed by atoms with Crippen LogP contribution in [0.1, 0.15) is 25.3 Å². The zero-order valence-corrected chi connectivity index (χ0v) is 12.7. The first-order valence-electron chi connectivity index (χ1n) is 6.26. The van der Waals surface area contributed by atoms with E-state index in [1.807, 2.05) is 25.2 Å². The monoisotopic (exact) mass is 289 g/mol. The van der Waals surface area contributed by atoms with Crippen molar-refractivity contribution in [2.75, 3.05) is 14.2 Å². The molecule has 1 rings (SSSR count). The van der Waals surface area contributed by atoms with Gasteiger partial charge in [0.1, 0.15) is 0 Å². The second-order valence-electron chi connectivity index (χ2n) is 4.40. The van der Waals surface area contributed by atoms with Crippen molar-refractivity contribution in [3.8, 4) is 0 Å². The van der Waals surface area contributed by atoms with E-state index in [2.05, 4.69) is 12.2 Å². The molecule has 0 aromatic heterocycles. The van der Waals surface area contributed by atoms with Crippen LogP contribution in [0.3, 0.4) is 0 Å². The molecule has 0 aliphatic heterocycles. The largest absolute Gasteiger partial charge is 0.380 e. The summed E-state index contributed by atoms with van der Waals surface area (Å²) in [6, 6.07) is 5.81. The maximum atomic E-state index is 6.19. The number of hydrogen-bond donors (Lipinski definition) is 1. The molecule has 0 spiro atoms. The van der Waals surface area contributed by atoms with Crippen LogP contribution in [0.4, 0.5) is 0 Å². The van der Waals surface area contributed by atoms with Crippen LogP contribution < -0.4 is 5.32 Å². The van der Waals surface area contributed by atoms with Crippen molar-refractivity contribution in [2.45, 2.75) is 38.3 Å². The van der Waals surface area contributed by atoms with Crippen molar-refractivity contribution < 1.29 is 4.74 Å². The molecule has 1 aromatic rings. The van der Waals surface area contributed by atoms with Gasteiger partial charge in [0.25, 0.3) is 0 Å². The first kappa shape index (κ1) is 15.8. The quantitative estimate of drug-likeness (QED) is 0.821. The standard InChI is InChI=1S/C14H21Cl2NO/c1-4-5-14(18-3)13(17-2)9-10-8-11(15)6-7-12(10)16/h6-8,13-14,17H,4-5,9H2,1-3H3. The highest BCUT2D eigenvalue weighted by Gasteiger charge is 2.20. The minimum Gasteiger partial charge on any atom is -0.380 e. The Labute approximate surface area is 120 Å². The van der Waals surface area contributed by atoms with Crippen LogP contribution >= 0.6 is 23.2 Å². The predicted molar refractivity (Wildman–Crippen MR) is 78.7 cm³/mol. The highest BCUT2D eigenvalue weighted by atomic mass is 35.5. The minimum absolute atomic E-state index is 0.190. The Kier molecular flexibility index (Phi) is 7.02. The van der Waals surface area contributed by atoms with Crippen LogP contribution in [0.25, 0.3) is 0 Å². The highest BCUT2D eigenvalue weighted by Crippen LogP contribution is 2.23. The van der Waals surface area contributed by atoms with E-state index in [-0.39, 0.29) is 12.1 Å². The molecule has 0 radical (unpaired) electrons. The van der Waals surface area contributed by atoms with Crippen molar-refractivity contribution in [3.63, 3.8) is 0 Å². The maximum absolute atomic E-state index is 6.19. The molecule has 4 heteroatoms. The lowest BCUT2D eigenvalue weighted by Crippen LogP contribution is -2.40. The molecule has 0 fully saturated rings. The molecule has 2 atom stereocenters. The third-order valence-electron chi connectivity index (χ3n) is 3.14. The lowest BCUT2D eigenvalue weighted by molar-refractivity contribution is 0.0633. The van der Waals surface area contributed by atoms with Gasteiger partial charge in [0.15, 0.2) is 0 Å². The summed E-state index contributed by atoms with van der Waals surface area (Å²) in [5.74, 6) is 0. The van der Waals surface area contributed by atoms with Crippen LogP contribution in [0.15, 0.2) is 18.2 Å². The van der Waals surface area contributed by atoms with Gasteiger partial charge in [-0.1, -0.05) is 36.5 Å². The molecule has 1 aromatic carbocycles. The molecule has 0 heterocycles. The smallest absolute Gasteiger partial charge is 0.0727 e. The molecule has 18 heavy (non-hydrogen) atoms. The molecule has 1 N–H and O–H groups in total. The Morgan fingerprint density at radius 3 is 2.61 bits per heavy atom. The Morgan fingerprint density at radius 2 is 2.06 bits per heavy atom. The number of methoxy groups -OCH3 is 1. The van der Waals surface area contributed by atoms with E-state index in [0.29, 0.717) is 5.02 Å². The van der Waals surface area contributed by atoms with E-state index in [1.165, 1.54) is 0 Å². The topological polar surface area (TPSA) is 21.3 Å². The van der Waals surface area contributed by atoms with Gasteiger partial charge in [-0.3, -0.25) is 0 Å². The number of benzene rings is 1. The van der Waals surface area contributed by atoms with Gasteiger partial charge in [0.05, 0.1) is 6.10 Å². The zero-order chi connectivity index (χ0) is 13.5. The van der Waals surface area contributed by atoms with Gasteiger partial charge in [-0.15, -0.1) is 0 Å². The fraction of sp³-hybridized carbons (Fsp3) is 0.571. The molecular weight excluding hydrogens is 269 g/mol. The third kappa shape index (κ3) is 4.43. The van der Waals surface area contributed by atoms with Crippen molar-refractivity contribution in [1.29, 1.82) is 0 Å². The summed E-state index contributed by atoms with van der Waals surface area (Å²) >= 11 is 12.2. The number of halogens is 2. The normalized spacial score (nSPS) is 14.5. The lowest BCUT2D eigenvalue weighted by Gasteiger charge is -2.26. The molecule has 0 saturated carbocycles. The second-order valence-corrected chi connectivity index (χ2v) is 5.24. The van der Waals surface area contributed by atoms with E-state index in [0.717, 1.165) is 29.8 Å². The van der Waals surface area contributed by atoms with Gasteiger partial charge in [-0.05, 0) is 43.7 Å². The molecule has 0 aliphatic rings. The highest BCUT2D eigenvalue weighted by molar-refractivity contribution is 6.33. The molecular formula is C14H21Cl2NO. The Hall–Kier alpha value is -0.280. The van der Waals surface area contributed by atoms with E-state index < -0.39 is 0 Å². The first-order chi connectivity index (χ1) is 8.62. The van der Waals surface area contributed by atoms with Crippen molar-refractivity contribution in [2.24, 2.45) is 0 Å². The van der Waals surface area contributed by atoms with E-state index in [1.54, 1.807) is 7.11 Å². The van der Waals surface area contributed by atoms with E-state index in [9.17, 15) is 0 Å². The van der Waals surface area contributed by atoms with Crippen LogP contribution in [-0.4, -0.2) is 26.3 Å². The van der Waals surface area contributed by atoms with Gasteiger partial charge in [0, 0.05) is 23.2 Å². The van der Waals surface area contributed by atoms with Gasteiger partial charge in [-0.2, -0.15) is 0 Å². The minimum atomic E-state index is 0.190. The first-order valence-corrected chi connectivity index (χ1v) is 7.02. The summed E-state index contributed by atoms with van der Waals surface area (Å²) in [4.78, 5) is 0. The van der Waals surface area contributed by atoms with Crippen molar-refractivity contribution in [3.05, 3.63) is 33.8 Å². The molecule has 0 saturated heterocycles. The third-order valence-corrected chi connectivity index (χ3v) is 3.75. The van der Waals surface area contributed by atoms with Gasteiger partial charge >= 0.3 is 0 Å². The summed E-state index contributed by atoms with van der Waals surface area (Å²) in [6.45, 7) is 2.16. The number of likely N-dealkylation sites (N-methyl/N-ethyl adjacent to an activating group) is 1. The number of ether oxygens (including phenoxy) is 1. The molecule has 0 aliphatic carbocycles. The van der Waals surface area contributed by atoms with Gasteiger partial charge in [-0.25, -0.2) is 0 Å². The van der Waals surface area contributed by atoms with Crippen LogP contribution in [0.5, 0.6) is 0 Å². The average Bonchev–Trinajstić information content (AvgIpc) is 2.37. The van der Waals surface area contributed by atoms with E-state index in [4.69, 9.17) is 27.9 Å². The predicted octanol–water partition coefficient (Wildman–Crippen LogP) is 3.94. The molecule has 102 valence electrons. The van der Waals surface area contributed by atoms with Gasteiger partial charge in [0.2, 0.25) is 0 Å². The van der Waals surface area contributed by atoms with Crippen molar-refractivity contribution in [1.82, 2.24) is 5.32 Å². The lowest BCUT2D eigenvalue weighted by atomic mass is 9.98. The van der Waals surface area contributed by atoms with Gasteiger partial charge < -0.3 is 10.1 Å². The Balaban J connectivity index is 2.81.